The van der Waals surface area contributed by atoms with E-state index in [2.05, 4.69) is 35.2 Å². The summed E-state index contributed by atoms with van der Waals surface area (Å²) < 4.78 is 0. The van der Waals surface area contributed by atoms with Crippen LogP contribution in [0.3, 0.4) is 0 Å². The second kappa shape index (κ2) is 8.98. The Morgan fingerprint density at radius 2 is 1.91 bits per heavy atom. The van der Waals surface area contributed by atoms with Crippen LogP contribution in [0.2, 0.25) is 0 Å². The molecule has 1 aromatic carbocycles. The molecule has 0 spiro atoms. The molecule has 0 fully saturated rings. The van der Waals surface area contributed by atoms with Crippen LogP contribution in [0.5, 0.6) is 0 Å². The first-order valence-electron chi connectivity index (χ1n) is 7.61. The maximum Gasteiger partial charge on any atom is 0.0709 e. The van der Waals surface area contributed by atoms with Gasteiger partial charge in [0.25, 0.3) is 0 Å². The Kier molecular flexibility index (Phi) is 7.30. The van der Waals surface area contributed by atoms with E-state index in [0.717, 1.165) is 31.6 Å². The van der Waals surface area contributed by atoms with Gasteiger partial charge in [0.1, 0.15) is 0 Å². The fourth-order valence-corrected chi connectivity index (χ4v) is 3.29. The number of allylic oxidation sites excluding steroid dienone is 3. The average Bonchev–Trinajstić information content (AvgIpc) is 2.48. The van der Waals surface area contributed by atoms with Crippen LogP contribution in [0.1, 0.15) is 18.9 Å². The van der Waals surface area contributed by atoms with Crippen molar-refractivity contribution < 1.29 is 0 Å². The zero-order chi connectivity index (χ0) is 15.9. The van der Waals surface area contributed by atoms with Crippen molar-refractivity contribution >= 4 is 34.8 Å². The molecule has 4 heteroatoms. The molecule has 0 radical (unpaired) electrons. The number of hydrogen-bond acceptors (Lipinski definition) is 1. The van der Waals surface area contributed by atoms with E-state index in [1.165, 1.54) is 5.56 Å². The van der Waals surface area contributed by atoms with Crippen LogP contribution in [0.4, 0.5) is 0 Å². The third kappa shape index (κ3) is 5.96. The quantitative estimate of drug-likeness (QED) is 0.604. The van der Waals surface area contributed by atoms with Gasteiger partial charge >= 0.3 is 0 Å². The largest absolute Gasteiger partial charge is 0.296 e. The molecule has 120 valence electrons. The lowest BCUT2D eigenvalue weighted by Crippen LogP contribution is -2.34. The van der Waals surface area contributed by atoms with Crippen molar-refractivity contribution in [3.8, 4) is 0 Å². The zero-order valence-corrected chi connectivity index (χ0v) is 15.0. The molecule has 0 heterocycles. The maximum atomic E-state index is 6.60. The van der Waals surface area contributed by atoms with Crippen LogP contribution in [0.25, 0.3) is 0 Å². The molecule has 1 aliphatic carbocycles. The van der Waals surface area contributed by atoms with Gasteiger partial charge in [0.2, 0.25) is 0 Å². The van der Waals surface area contributed by atoms with E-state index >= 15 is 0 Å². The molecule has 0 aliphatic heterocycles. The fraction of sp³-hybridized carbons (Fsp3) is 0.444. The van der Waals surface area contributed by atoms with Crippen LogP contribution in [-0.4, -0.2) is 34.1 Å². The van der Waals surface area contributed by atoms with Crippen LogP contribution < -0.4 is 0 Å². The van der Waals surface area contributed by atoms with Crippen molar-refractivity contribution in [2.24, 2.45) is 0 Å². The predicted molar refractivity (Wildman–Crippen MR) is 98.2 cm³/mol. The Bertz CT molecular complexity index is 510. The van der Waals surface area contributed by atoms with Crippen molar-refractivity contribution in [1.82, 2.24) is 4.90 Å². The molecule has 0 saturated heterocycles. The molecule has 0 aromatic heterocycles. The lowest BCUT2D eigenvalue weighted by atomic mass is 10.0. The van der Waals surface area contributed by atoms with Gasteiger partial charge in [-0.25, -0.2) is 0 Å². The summed E-state index contributed by atoms with van der Waals surface area (Å²) in [7, 11) is 0. The van der Waals surface area contributed by atoms with Crippen LogP contribution >= 0.6 is 34.8 Å². The Balaban J connectivity index is 1.98. The molecular formula is C18H22Cl3N. The summed E-state index contributed by atoms with van der Waals surface area (Å²) in [5.41, 5.74) is 2.43. The minimum atomic E-state index is -0.0421. The average molecular weight is 359 g/mol. The van der Waals surface area contributed by atoms with Gasteiger partial charge < -0.3 is 0 Å². The van der Waals surface area contributed by atoms with E-state index in [9.17, 15) is 0 Å². The number of rotatable bonds is 7. The molecule has 1 aromatic rings. The Hall–Kier alpha value is -0.470. The van der Waals surface area contributed by atoms with Crippen LogP contribution in [-0.2, 0) is 6.54 Å². The Morgan fingerprint density at radius 3 is 2.50 bits per heavy atom. The third-order valence-corrected chi connectivity index (χ3v) is 4.47. The van der Waals surface area contributed by atoms with Crippen molar-refractivity contribution in [3.05, 3.63) is 59.7 Å². The summed E-state index contributed by atoms with van der Waals surface area (Å²) in [4.78, 5) is 2.31. The monoisotopic (exact) mass is 357 g/mol. The van der Waals surface area contributed by atoms with Crippen LogP contribution in [0, 0.1) is 0 Å². The maximum absolute atomic E-state index is 6.60. The third-order valence-electron chi connectivity index (χ3n) is 3.62. The topological polar surface area (TPSA) is 3.24 Å². The minimum Gasteiger partial charge on any atom is -0.296 e. The van der Waals surface area contributed by atoms with Gasteiger partial charge in [-0.2, -0.15) is 0 Å². The second-order valence-corrected chi connectivity index (χ2v) is 7.58. The number of alkyl halides is 3. The minimum absolute atomic E-state index is 0.0421. The van der Waals surface area contributed by atoms with Crippen molar-refractivity contribution in [2.75, 3.05) is 13.1 Å². The highest BCUT2D eigenvalue weighted by molar-refractivity contribution is 6.23. The lowest BCUT2D eigenvalue weighted by Gasteiger charge is -2.27. The Labute approximate surface area is 148 Å². The number of halogens is 3. The molecular weight excluding hydrogens is 337 g/mol. The smallest absolute Gasteiger partial charge is 0.0709 e. The molecule has 1 aliphatic rings. The van der Waals surface area contributed by atoms with Gasteiger partial charge in [-0.05, 0) is 24.5 Å². The van der Waals surface area contributed by atoms with E-state index in [1.807, 2.05) is 25.1 Å². The van der Waals surface area contributed by atoms with E-state index in [0.29, 0.717) is 0 Å². The SMILES string of the molecule is CC(Cl)CN(Cc1ccccc1)CC(Cl)C1=CCC(Cl)C=C1. The summed E-state index contributed by atoms with van der Waals surface area (Å²) in [5, 5.41) is 0.145. The molecule has 3 unspecified atom stereocenters. The van der Waals surface area contributed by atoms with Gasteiger partial charge in [0, 0.05) is 25.0 Å². The lowest BCUT2D eigenvalue weighted by molar-refractivity contribution is 0.273. The number of benzene rings is 1. The predicted octanol–water partition coefficient (Wildman–Crippen LogP) is 5.22. The van der Waals surface area contributed by atoms with Crippen molar-refractivity contribution in [1.29, 1.82) is 0 Å². The number of hydrogen-bond donors (Lipinski definition) is 0. The molecule has 0 amide bonds. The first-order valence-corrected chi connectivity index (χ1v) is 8.92. The highest BCUT2D eigenvalue weighted by Gasteiger charge is 2.18. The normalized spacial score (nSPS) is 20.8. The zero-order valence-electron chi connectivity index (χ0n) is 12.8. The molecule has 0 bridgehead atoms. The first-order chi connectivity index (χ1) is 10.5. The van der Waals surface area contributed by atoms with E-state index in [-0.39, 0.29) is 16.1 Å². The van der Waals surface area contributed by atoms with E-state index in [4.69, 9.17) is 34.8 Å². The second-order valence-electron chi connectivity index (χ2n) is 5.74. The van der Waals surface area contributed by atoms with Gasteiger partial charge in [0.05, 0.1) is 10.8 Å². The van der Waals surface area contributed by atoms with Gasteiger partial charge in [-0.1, -0.05) is 48.6 Å². The Morgan fingerprint density at radius 1 is 1.18 bits per heavy atom. The summed E-state index contributed by atoms with van der Waals surface area (Å²) in [5.74, 6) is 0. The molecule has 3 atom stereocenters. The standard InChI is InChI=1S/C18H22Cl3N/c1-14(19)11-22(12-15-5-3-2-4-6-15)13-18(21)16-7-9-17(20)10-8-16/h2-9,14,17-18H,10-13H2,1H3. The summed E-state index contributed by atoms with van der Waals surface area (Å²) in [6.07, 6.45) is 7.04. The summed E-state index contributed by atoms with van der Waals surface area (Å²) in [6, 6.07) is 10.4. The number of nitrogens with zero attached hydrogens (tertiary/aromatic N) is 1. The fourth-order valence-electron chi connectivity index (χ4n) is 2.58. The molecule has 1 nitrogen and oxygen atoms in total. The summed E-state index contributed by atoms with van der Waals surface area (Å²) >= 11 is 18.9. The van der Waals surface area contributed by atoms with Gasteiger partial charge in [-0.3, -0.25) is 4.90 Å². The molecule has 2 rings (SSSR count). The van der Waals surface area contributed by atoms with Crippen molar-refractivity contribution in [3.63, 3.8) is 0 Å². The highest BCUT2D eigenvalue weighted by atomic mass is 35.5. The molecule has 0 saturated carbocycles. The van der Waals surface area contributed by atoms with Gasteiger partial charge in [0.15, 0.2) is 0 Å². The van der Waals surface area contributed by atoms with Gasteiger partial charge in [-0.15, -0.1) is 34.8 Å². The van der Waals surface area contributed by atoms with Crippen molar-refractivity contribution in [2.45, 2.75) is 36.0 Å². The highest BCUT2D eigenvalue weighted by Crippen LogP contribution is 2.22. The van der Waals surface area contributed by atoms with E-state index < -0.39 is 0 Å². The first kappa shape index (κ1) is 17.9. The van der Waals surface area contributed by atoms with E-state index in [1.54, 1.807) is 0 Å². The molecule has 0 N–H and O–H groups in total. The molecule has 22 heavy (non-hydrogen) atoms. The summed E-state index contributed by atoms with van der Waals surface area (Å²) in [6.45, 7) is 4.46. The van der Waals surface area contributed by atoms with Crippen LogP contribution in [0.15, 0.2) is 54.1 Å².